The van der Waals surface area contributed by atoms with Gasteiger partial charge in [-0.15, -0.1) is 11.3 Å². The topological polar surface area (TPSA) is 74.3 Å². The van der Waals surface area contributed by atoms with Gasteiger partial charge in [0.1, 0.15) is 16.2 Å². The molecule has 0 atom stereocenters. The second kappa shape index (κ2) is 7.79. The third-order valence-electron chi connectivity index (χ3n) is 5.09. The number of nitrogens with zero attached hydrogens (tertiary/aromatic N) is 2. The first-order chi connectivity index (χ1) is 15.0. The molecule has 0 bridgehead atoms. The van der Waals surface area contributed by atoms with Gasteiger partial charge in [-0.05, 0) is 35.4 Å². The first-order valence-electron chi connectivity index (χ1n) is 9.37. The molecule has 5 rings (SSSR count). The van der Waals surface area contributed by atoms with E-state index in [0.29, 0.717) is 27.1 Å². The summed E-state index contributed by atoms with van der Waals surface area (Å²) in [5, 5.41) is 3.26. The lowest BCUT2D eigenvalue weighted by atomic mass is 10.1. The van der Waals surface area contributed by atoms with Gasteiger partial charge in [-0.3, -0.25) is 9.36 Å². The molecule has 0 fully saturated rings. The average Bonchev–Trinajstić information content (AvgIpc) is 3.20. The number of hydrogen-bond acceptors (Lipinski definition) is 6. The molecule has 3 aromatic heterocycles. The quantitative estimate of drug-likeness (QED) is 0.326. The van der Waals surface area contributed by atoms with Crippen molar-refractivity contribution >= 4 is 48.5 Å². The van der Waals surface area contributed by atoms with Gasteiger partial charge in [-0.25, -0.2) is 9.78 Å². The Bertz CT molecular complexity index is 1550. The normalized spacial score (nSPS) is 11.3. The van der Waals surface area contributed by atoms with Gasteiger partial charge in [0.15, 0.2) is 0 Å². The molecule has 5 aromatic rings. The van der Waals surface area contributed by atoms with E-state index in [1.165, 1.54) is 28.3 Å². The maximum Gasteiger partial charge on any atom is 0.336 e. The summed E-state index contributed by atoms with van der Waals surface area (Å²) < 4.78 is 13.0. The van der Waals surface area contributed by atoms with Crippen molar-refractivity contribution in [1.29, 1.82) is 0 Å². The monoisotopic (exact) mass is 494 g/mol. The summed E-state index contributed by atoms with van der Waals surface area (Å²) >= 11 is 4.88. The van der Waals surface area contributed by atoms with Crippen molar-refractivity contribution in [1.82, 2.24) is 9.55 Å². The minimum atomic E-state index is -0.482. The first-order valence-corrected chi connectivity index (χ1v) is 11.0. The van der Waals surface area contributed by atoms with Crippen molar-refractivity contribution in [2.24, 2.45) is 0 Å². The van der Waals surface area contributed by atoms with Gasteiger partial charge in [0, 0.05) is 32.9 Å². The van der Waals surface area contributed by atoms with Gasteiger partial charge in [-0.2, -0.15) is 0 Å². The van der Waals surface area contributed by atoms with Crippen molar-refractivity contribution in [2.45, 2.75) is 6.54 Å². The lowest BCUT2D eigenvalue weighted by Crippen LogP contribution is -2.21. The van der Waals surface area contributed by atoms with Gasteiger partial charge in [0.2, 0.25) is 0 Å². The predicted molar refractivity (Wildman–Crippen MR) is 125 cm³/mol. The van der Waals surface area contributed by atoms with E-state index in [1.807, 2.05) is 35.7 Å². The van der Waals surface area contributed by atoms with Gasteiger partial charge in [0.25, 0.3) is 5.56 Å². The number of rotatable bonds is 4. The molecule has 0 amide bonds. The summed E-state index contributed by atoms with van der Waals surface area (Å²) in [6, 6.07) is 14.5. The summed E-state index contributed by atoms with van der Waals surface area (Å²) in [5.41, 5.74) is 2.25. The first kappa shape index (κ1) is 19.7. The molecule has 0 radical (unpaired) electrons. The molecule has 8 heteroatoms. The van der Waals surface area contributed by atoms with Crippen LogP contribution in [0.2, 0.25) is 0 Å². The Morgan fingerprint density at radius 2 is 1.94 bits per heavy atom. The van der Waals surface area contributed by atoms with Crippen LogP contribution in [0.3, 0.4) is 0 Å². The summed E-state index contributed by atoms with van der Waals surface area (Å²) in [5.74, 6) is 0.588. The second-order valence-electron chi connectivity index (χ2n) is 6.97. The predicted octanol–water partition coefficient (Wildman–Crippen LogP) is 5.05. The fraction of sp³-hybridized carbons (Fsp3) is 0.0870. The minimum Gasteiger partial charge on any atom is -0.497 e. The summed E-state index contributed by atoms with van der Waals surface area (Å²) in [7, 11) is 1.55. The van der Waals surface area contributed by atoms with Gasteiger partial charge in [-0.1, -0.05) is 28.1 Å². The van der Waals surface area contributed by atoms with Crippen LogP contribution in [0, 0.1) is 0 Å². The van der Waals surface area contributed by atoms with Gasteiger partial charge < -0.3 is 9.15 Å². The van der Waals surface area contributed by atoms with Crippen LogP contribution in [0.15, 0.2) is 78.7 Å². The molecule has 0 unspecified atom stereocenters. The second-order valence-corrected chi connectivity index (χ2v) is 8.74. The standard InChI is InChI=1S/C23H15BrN2O4S/c1-29-16-6-7-17-14(8-20(27)30-19(17)9-16)10-26-12-25-22-21(23(26)28)18(11-31-22)13-2-4-15(24)5-3-13/h2-9,11-12H,10H2,1H3. The van der Waals surface area contributed by atoms with E-state index in [0.717, 1.165) is 21.0 Å². The molecule has 0 saturated carbocycles. The Balaban J connectivity index is 1.64. The van der Waals surface area contributed by atoms with E-state index in [9.17, 15) is 9.59 Å². The van der Waals surface area contributed by atoms with E-state index in [4.69, 9.17) is 9.15 Å². The van der Waals surface area contributed by atoms with Crippen LogP contribution < -0.4 is 15.9 Å². The maximum absolute atomic E-state index is 13.4. The Morgan fingerprint density at radius 1 is 1.13 bits per heavy atom. The van der Waals surface area contributed by atoms with Crippen LogP contribution in [0.4, 0.5) is 0 Å². The van der Waals surface area contributed by atoms with Crippen LogP contribution in [-0.4, -0.2) is 16.7 Å². The van der Waals surface area contributed by atoms with Crippen LogP contribution in [0.5, 0.6) is 5.75 Å². The van der Waals surface area contributed by atoms with Crippen molar-refractivity contribution in [3.63, 3.8) is 0 Å². The van der Waals surface area contributed by atoms with Crippen LogP contribution >= 0.6 is 27.3 Å². The smallest absolute Gasteiger partial charge is 0.336 e. The highest BCUT2D eigenvalue weighted by molar-refractivity contribution is 9.10. The molecular weight excluding hydrogens is 480 g/mol. The van der Waals surface area contributed by atoms with E-state index in [2.05, 4.69) is 20.9 Å². The number of benzene rings is 2. The highest BCUT2D eigenvalue weighted by atomic mass is 79.9. The zero-order valence-electron chi connectivity index (χ0n) is 16.3. The molecule has 31 heavy (non-hydrogen) atoms. The van der Waals surface area contributed by atoms with E-state index in [1.54, 1.807) is 19.2 Å². The van der Waals surface area contributed by atoms with Crippen LogP contribution in [0.1, 0.15) is 5.56 Å². The molecule has 0 saturated heterocycles. The Hall–Kier alpha value is -3.23. The number of aromatic nitrogens is 2. The third-order valence-corrected chi connectivity index (χ3v) is 6.51. The number of ether oxygens (including phenoxy) is 1. The van der Waals surface area contributed by atoms with Gasteiger partial charge in [0.05, 0.1) is 25.4 Å². The average molecular weight is 495 g/mol. The molecule has 6 nitrogen and oxygen atoms in total. The van der Waals surface area contributed by atoms with E-state index >= 15 is 0 Å². The largest absolute Gasteiger partial charge is 0.497 e. The maximum atomic E-state index is 13.4. The molecule has 0 N–H and O–H groups in total. The fourth-order valence-corrected chi connectivity index (χ4v) is 4.74. The SMILES string of the molecule is COc1ccc2c(Cn3cnc4scc(-c5ccc(Br)cc5)c4c3=O)cc(=O)oc2c1. The van der Waals surface area contributed by atoms with Crippen molar-refractivity contribution in [2.75, 3.05) is 7.11 Å². The number of halogens is 1. The van der Waals surface area contributed by atoms with Crippen LogP contribution in [-0.2, 0) is 6.54 Å². The lowest BCUT2D eigenvalue weighted by molar-refractivity contribution is 0.414. The third kappa shape index (κ3) is 3.58. The summed E-state index contributed by atoms with van der Waals surface area (Å²) in [6.45, 7) is 0.200. The number of methoxy groups -OCH3 is 1. The zero-order valence-corrected chi connectivity index (χ0v) is 18.7. The van der Waals surface area contributed by atoms with E-state index in [-0.39, 0.29) is 12.1 Å². The molecular formula is C23H15BrN2O4S. The summed E-state index contributed by atoms with van der Waals surface area (Å²) in [4.78, 5) is 30.6. The zero-order chi connectivity index (χ0) is 21.5. The van der Waals surface area contributed by atoms with Gasteiger partial charge >= 0.3 is 5.63 Å². The molecule has 0 aliphatic rings. The van der Waals surface area contributed by atoms with Crippen molar-refractivity contribution in [3.8, 4) is 16.9 Å². The molecule has 0 spiro atoms. The molecule has 2 aromatic carbocycles. The number of fused-ring (bicyclic) bond motifs is 2. The molecule has 0 aliphatic heterocycles. The Morgan fingerprint density at radius 3 is 2.71 bits per heavy atom. The fourth-order valence-electron chi connectivity index (χ4n) is 3.57. The van der Waals surface area contributed by atoms with E-state index < -0.39 is 5.63 Å². The summed E-state index contributed by atoms with van der Waals surface area (Å²) in [6.07, 6.45) is 1.52. The highest BCUT2D eigenvalue weighted by Crippen LogP contribution is 2.31. The van der Waals surface area contributed by atoms with Crippen LogP contribution in [0.25, 0.3) is 32.3 Å². The minimum absolute atomic E-state index is 0.154. The number of thiophene rings is 1. The molecule has 3 heterocycles. The lowest BCUT2D eigenvalue weighted by Gasteiger charge is -2.09. The Labute approximate surface area is 188 Å². The number of hydrogen-bond donors (Lipinski definition) is 0. The Kier molecular flexibility index (Phi) is 4.95. The van der Waals surface area contributed by atoms with Crippen molar-refractivity contribution in [3.05, 3.63) is 91.0 Å². The highest BCUT2D eigenvalue weighted by Gasteiger charge is 2.15. The molecule has 154 valence electrons. The van der Waals surface area contributed by atoms with Crippen molar-refractivity contribution < 1.29 is 9.15 Å². The molecule has 0 aliphatic carbocycles.